The van der Waals surface area contributed by atoms with Crippen molar-refractivity contribution < 1.29 is 9.66 Å². The van der Waals surface area contributed by atoms with Gasteiger partial charge in [0.15, 0.2) is 0 Å². The smallest absolute Gasteiger partial charge is 0.289 e. The van der Waals surface area contributed by atoms with Gasteiger partial charge in [-0.3, -0.25) is 10.1 Å². The number of hydrogen-bond donors (Lipinski definition) is 1. The minimum absolute atomic E-state index is 0.109. The molecule has 1 aliphatic heterocycles. The maximum absolute atomic E-state index is 10.6. The van der Waals surface area contributed by atoms with Crippen LogP contribution in [0.3, 0.4) is 0 Å². The first-order chi connectivity index (χ1) is 9.16. The molecule has 1 aromatic heterocycles. The summed E-state index contributed by atoms with van der Waals surface area (Å²) < 4.78 is 5.22. The van der Waals surface area contributed by atoms with Crippen LogP contribution < -0.4 is 5.32 Å². The van der Waals surface area contributed by atoms with E-state index in [1.165, 1.54) is 17.8 Å². The van der Waals surface area contributed by atoms with E-state index in [0.717, 1.165) is 19.4 Å². The van der Waals surface area contributed by atoms with Crippen LogP contribution in [0.4, 0.5) is 11.5 Å². The van der Waals surface area contributed by atoms with Gasteiger partial charge in [0.05, 0.1) is 23.2 Å². The highest BCUT2D eigenvalue weighted by Gasteiger charge is 2.11. The number of hydrogen-bond acceptors (Lipinski definition) is 5. The first-order valence-electron chi connectivity index (χ1n) is 5.96. The second kappa shape index (κ2) is 6.49. The van der Waals surface area contributed by atoms with E-state index in [4.69, 9.17) is 16.3 Å². The van der Waals surface area contributed by atoms with Gasteiger partial charge >= 0.3 is 0 Å². The second-order valence-electron chi connectivity index (χ2n) is 4.15. The van der Waals surface area contributed by atoms with Crippen molar-refractivity contribution >= 4 is 23.1 Å². The van der Waals surface area contributed by atoms with Crippen LogP contribution in [0.2, 0.25) is 5.02 Å². The van der Waals surface area contributed by atoms with Crippen LogP contribution in [-0.2, 0) is 4.74 Å². The lowest BCUT2D eigenvalue weighted by molar-refractivity contribution is -0.385. The molecule has 0 unspecified atom stereocenters. The molecule has 0 spiro atoms. The van der Waals surface area contributed by atoms with Gasteiger partial charge in [0, 0.05) is 12.6 Å². The molecule has 0 fully saturated rings. The molecule has 6 nitrogen and oxygen atoms in total. The number of pyridine rings is 1. The molecule has 19 heavy (non-hydrogen) atoms. The van der Waals surface area contributed by atoms with E-state index in [0.29, 0.717) is 19.0 Å². The zero-order chi connectivity index (χ0) is 13.7. The van der Waals surface area contributed by atoms with Gasteiger partial charge in [-0.25, -0.2) is 4.98 Å². The Hall–Kier alpha value is -1.66. The maximum Gasteiger partial charge on any atom is 0.289 e. The molecular weight excluding hydrogens is 270 g/mol. The van der Waals surface area contributed by atoms with Crippen molar-refractivity contribution in [3.05, 3.63) is 39.0 Å². The first-order valence-corrected chi connectivity index (χ1v) is 6.34. The summed E-state index contributed by atoms with van der Waals surface area (Å²) in [5.41, 5.74) is 1.24. The summed E-state index contributed by atoms with van der Waals surface area (Å²) in [6.45, 7) is 2.13. The summed E-state index contributed by atoms with van der Waals surface area (Å²) in [5, 5.41) is 13.9. The number of nitrogens with zero attached hydrogens (tertiary/aromatic N) is 2. The largest absolute Gasteiger partial charge is 0.377 e. The first kappa shape index (κ1) is 13.8. The average molecular weight is 284 g/mol. The fourth-order valence-electron chi connectivity index (χ4n) is 1.79. The molecule has 0 atom stereocenters. The summed E-state index contributed by atoms with van der Waals surface area (Å²) in [6.07, 6.45) is 5.11. The van der Waals surface area contributed by atoms with Gasteiger partial charge < -0.3 is 10.1 Å². The summed E-state index contributed by atoms with van der Waals surface area (Å²) in [6, 6.07) is 1.30. The van der Waals surface area contributed by atoms with Crippen LogP contribution in [0.25, 0.3) is 0 Å². The van der Waals surface area contributed by atoms with Gasteiger partial charge in [-0.2, -0.15) is 0 Å². The molecule has 1 aromatic rings. The monoisotopic (exact) mass is 283 g/mol. The van der Waals surface area contributed by atoms with Gasteiger partial charge in [-0.05, 0) is 12.8 Å². The Morgan fingerprint density at radius 1 is 1.58 bits per heavy atom. The van der Waals surface area contributed by atoms with Crippen LogP contribution in [0.5, 0.6) is 0 Å². The molecule has 1 N–H and O–H groups in total. The second-order valence-corrected chi connectivity index (χ2v) is 4.55. The fraction of sp³-hybridized carbons (Fsp3) is 0.417. The number of rotatable bonds is 5. The van der Waals surface area contributed by atoms with Crippen LogP contribution in [0, 0.1) is 10.1 Å². The zero-order valence-electron chi connectivity index (χ0n) is 10.3. The van der Waals surface area contributed by atoms with Crippen molar-refractivity contribution in [2.75, 3.05) is 25.1 Å². The standard InChI is InChI=1S/C12H14ClN3O3/c13-11-7-10(16(17)18)8-15-12(11)14-4-1-9-2-5-19-6-3-9/h2,7-8H,1,3-6H2,(H,14,15). The Labute approximate surface area is 115 Å². The van der Waals surface area contributed by atoms with Crippen molar-refractivity contribution in [3.8, 4) is 0 Å². The van der Waals surface area contributed by atoms with Crippen molar-refractivity contribution in [3.63, 3.8) is 0 Å². The highest BCUT2D eigenvalue weighted by molar-refractivity contribution is 6.33. The number of ether oxygens (including phenoxy) is 1. The number of halogens is 1. The van der Waals surface area contributed by atoms with Gasteiger partial charge in [-0.1, -0.05) is 23.3 Å². The van der Waals surface area contributed by atoms with E-state index in [9.17, 15) is 10.1 Å². The summed E-state index contributed by atoms with van der Waals surface area (Å²) in [4.78, 5) is 14.0. The van der Waals surface area contributed by atoms with Crippen LogP contribution in [-0.4, -0.2) is 29.7 Å². The van der Waals surface area contributed by atoms with E-state index in [1.807, 2.05) is 0 Å². The van der Waals surface area contributed by atoms with Gasteiger partial charge in [0.25, 0.3) is 5.69 Å². The highest BCUT2D eigenvalue weighted by atomic mass is 35.5. The third kappa shape index (κ3) is 3.90. The molecule has 0 aliphatic carbocycles. The van der Waals surface area contributed by atoms with Crippen LogP contribution >= 0.6 is 11.6 Å². The summed E-state index contributed by atoms with van der Waals surface area (Å²) in [7, 11) is 0. The molecule has 2 rings (SSSR count). The molecule has 0 radical (unpaired) electrons. The minimum atomic E-state index is -0.518. The molecule has 2 heterocycles. The molecule has 0 saturated heterocycles. The summed E-state index contributed by atoms with van der Waals surface area (Å²) in [5.74, 6) is 0.472. The van der Waals surface area contributed by atoms with E-state index in [-0.39, 0.29) is 10.7 Å². The van der Waals surface area contributed by atoms with E-state index in [2.05, 4.69) is 16.4 Å². The number of aromatic nitrogens is 1. The molecule has 1 aliphatic rings. The van der Waals surface area contributed by atoms with Crippen molar-refractivity contribution in [1.82, 2.24) is 4.98 Å². The molecule has 0 bridgehead atoms. The predicted octanol–water partition coefficient (Wildman–Crippen LogP) is 2.79. The minimum Gasteiger partial charge on any atom is -0.377 e. The molecular formula is C12H14ClN3O3. The number of anilines is 1. The van der Waals surface area contributed by atoms with Crippen molar-refractivity contribution in [1.29, 1.82) is 0 Å². The number of nitrogens with one attached hydrogen (secondary N) is 1. The van der Waals surface area contributed by atoms with Crippen LogP contribution in [0.1, 0.15) is 12.8 Å². The SMILES string of the molecule is O=[N+]([O-])c1cnc(NCCC2=CCOCC2)c(Cl)c1. The summed E-state index contributed by atoms with van der Waals surface area (Å²) >= 11 is 5.93. The lowest BCUT2D eigenvalue weighted by Crippen LogP contribution is -2.09. The molecule has 102 valence electrons. The fourth-order valence-corrected chi connectivity index (χ4v) is 2.02. The molecule has 0 aromatic carbocycles. The molecule has 7 heteroatoms. The zero-order valence-corrected chi connectivity index (χ0v) is 11.0. The topological polar surface area (TPSA) is 77.3 Å². The van der Waals surface area contributed by atoms with Gasteiger partial charge in [-0.15, -0.1) is 0 Å². The third-order valence-electron chi connectivity index (χ3n) is 2.83. The lowest BCUT2D eigenvalue weighted by Gasteiger charge is -2.14. The van der Waals surface area contributed by atoms with Crippen LogP contribution in [0.15, 0.2) is 23.9 Å². The maximum atomic E-state index is 10.6. The van der Waals surface area contributed by atoms with Crippen molar-refractivity contribution in [2.45, 2.75) is 12.8 Å². The Morgan fingerprint density at radius 2 is 2.42 bits per heavy atom. The normalized spacial score (nSPS) is 14.9. The highest BCUT2D eigenvalue weighted by Crippen LogP contribution is 2.24. The lowest BCUT2D eigenvalue weighted by atomic mass is 10.1. The van der Waals surface area contributed by atoms with Crippen molar-refractivity contribution in [2.24, 2.45) is 0 Å². The molecule has 0 saturated carbocycles. The molecule has 0 amide bonds. The van der Waals surface area contributed by atoms with E-state index in [1.54, 1.807) is 0 Å². The Morgan fingerprint density at radius 3 is 3.05 bits per heavy atom. The Balaban J connectivity index is 1.89. The average Bonchev–Trinajstić information content (AvgIpc) is 2.41. The van der Waals surface area contributed by atoms with E-state index < -0.39 is 4.92 Å². The Bertz CT molecular complexity index is 505. The predicted molar refractivity (Wildman–Crippen MR) is 72.5 cm³/mol. The third-order valence-corrected chi connectivity index (χ3v) is 3.12. The van der Waals surface area contributed by atoms with Gasteiger partial charge in [0.2, 0.25) is 0 Å². The Kier molecular flexibility index (Phi) is 4.70. The van der Waals surface area contributed by atoms with E-state index >= 15 is 0 Å². The quantitative estimate of drug-likeness (QED) is 0.511. The number of nitro groups is 1. The van der Waals surface area contributed by atoms with Gasteiger partial charge in [0.1, 0.15) is 12.0 Å².